The van der Waals surface area contributed by atoms with Crippen molar-refractivity contribution in [3.8, 4) is 5.75 Å². The highest BCUT2D eigenvalue weighted by Crippen LogP contribution is 2.37. The molecule has 6 heteroatoms. The maximum atomic E-state index is 12.8. The van der Waals surface area contributed by atoms with Crippen LogP contribution >= 0.6 is 0 Å². The number of rotatable bonds is 8. The summed E-state index contributed by atoms with van der Waals surface area (Å²) in [4.78, 5) is 29.1. The number of likely N-dealkylation sites (tertiary alicyclic amines) is 1. The predicted molar refractivity (Wildman–Crippen MR) is 102 cm³/mol. The van der Waals surface area contributed by atoms with E-state index in [4.69, 9.17) is 4.74 Å². The van der Waals surface area contributed by atoms with E-state index >= 15 is 0 Å². The Balaban J connectivity index is 2.21. The van der Waals surface area contributed by atoms with Crippen LogP contribution in [-0.4, -0.2) is 62.0 Å². The number of benzene rings is 1. The number of hydrogen-bond donors (Lipinski definition) is 1. The lowest BCUT2D eigenvalue weighted by Crippen LogP contribution is -2.48. The maximum absolute atomic E-state index is 12.8. The van der Waals surface area contributed by atoms with E-state index in [1.54, 1.807) is 0 Å². The first-order chi connectivity index (χ1) is 12.5. The first-order valence-corrected chi connectivity index (χ1v) is 9.42. The number of amides is 2. The Morgan fingerprint density at radius 1 is 1.27 bits per heavy atom. The van der Waals surface area contributed by atoms with Gasteiger partial charge in [-0.25, -0.2) is 0 Å². The average molecular weight is 361 g/mol. The van der Waals surface area contributed by atoms with E-state index in [2.05, 4.69) is 5.32 Å². The van der Waals surface area contributed by atoms with Crippen LogP contribution in [0.3, 0.4) is 0 Å². The standard InChI is InChI=1S/C20H31N3O3/c1-5-23-18(24)12-11-17(20(25)21-13-14-22(3)4)19(23)15-7-9-16(10-8-15)26-6-2/h7-10,17,19H,5-6,11-14H2,1-4H3,(H,21,25)/t17-,19+/m1/s1. The Bertz CT molecular complexity index is 601. The van der Waals surface area contributed by atoms with Gasteiger partial charge in [0.1, 0.15) is 5.75 Å². The van der Waals surface area contributed by atoms with Crippen LogP contribution < -0.4 is 10.1 Å². The van der Waals surface area contributed by atoms with Gasteiger partial charge in [-0.05, 0) is 52.1 Å². The second kappa shape index (κ2) is 9.57. The third kappa shape index (κ3) is 4.97. The van der Waals surface area contributed by atoms with Crippen LogP contribution in [0.15, 0.2) is 24.3 Å². The van der Waals surface area contributed by atoms with Crippen molar-refractivity contribution in [1.82, 2.24) is 15.1 Å². The molecule has 1 N–H and O–H groups in total. The zero-order chi connectivity index (χ0) is 19.1. The van der Waals surface area contributed by atoms with Crippen molar-refractivity contribution in [2.45, 2.75) is 32.7 Å². The van der Waals surface area contributed by atoms with Gasteiger partial charge in [0, 0.05) is 26.1 Å². The zero-order valence-electron chi connectivity index (χ0n) is 16.3. The van der Waals surface area contributed by atoms with Crippen LogP contribution in [-0.2, 0) is 9.59 Å². The van der Waals surface area contributed by atoms with Gasteiger partial charge in [-0.3, -0.25) is 9.59 Å². The highest BCUT2D eigenvalue weighted by molar-refractivity contribution is 5.85. The van der Waals surface area contributed by atoms with Crippen molar-refractivity contribution in [3.63, 3.8) is 0 Å². The summed E-state index contributed by atoms with van der Waals surface area (Å²) in [5, 5.41) is 3.03. The summed E-state index contributed by atoms with van der Waals surface area (Å²) in [6, 6.07) is 7.53. The van der Waals surface area contributed by atoms with Gasteiger partial charge in [0.15, 0.2) is 0 Å². The highest BCUT2D eigenvalue weighted by atomic mass is 16.5. The van der Waals surface area contributed by atoms with Crippen molar-refractivity contribution in [2.24, 2.45) is 5.92 Å². The maximum Gasteiger partial charge on any atom is 0.225 e. The topological polar surface area (TPSA) is 61.9 Å². The summed E-state index contributed by atoms with van der Waals surface area (Å²) in [7, 11) is 3.96. The molecule has 144 valence electrons. The molecule has 1 heterocycles. The summed E-state index contributed by atoms with van der Waals surface area (Å²) in [5.41, 5.74) is 0.983. The molecular weight excluding hydrogens is 330 g/mol. The van der Waals surface area contributed by atoms with Gasteiger partial charge in [-0.1, -0.05) is 12.1 Å². The number of piperidine rings is 1. The average Bonchev–Trinajstić information content (AvgIpc) is 2.62. The monoisotopic (exact) mass is 361 g/mol. The molecule has 1 aliphatic heterocycles. The Kier molecular flexibility index (Phi) is 7.45. The Morgan fingerprint density at radius 2 is 1.96 bits per heavy atom. The van der Waals surface area contributed by atoms with Crippen molar-refractivity contribution < 1.29 is 14.3 Å². The number of nitrogens with zero attached hydrogens (tertiary/aromatic N) is 2. The number of carbonyl (C=O) groups excluding carboxylic acids is 2. The van der Waals surface area contributed by atoms with Crippen molar-refractivity contribution in [3.05, 3.63) is 29.8 Å². The molecular formula is C20H31N3O3. The normalized spacial score (nSPS) is 20.3. The Morgan fingerprint density at radius 3 is 2.54 bits per heavy atom. The van der Waals surface area contributed by atoms with Crippen LogP contribution in [0.4, 0.5) is 0 Å². The smallest absolute Gasteiger partial charge is 0.225 e. The zero-order valence-corrected chi connectivity index (χ0v) is 16.3. The van der Waals surface area contributed by atoms with E-state index < -0.39 is 0 Å². The van der Waals surface area contributed by atoms with Gasteiger partial charge in [0.05, 0.1) is 18.6 Å². The highest BCUT2D eigenvalue weighted by Gasteiger charge is 2.39. The molecule has 1 aromatic carbocycles. The minimum atomic E-state index is -0.229. The van der Waals surface area contributed by atoms with E-state index in [0.29, 0.717) is 32.5 Å². The number of hydrogen-bond acceptors (Lipinski definition) is 4. The van der Waals surface area contributed by atoms with Crippen LogP contribution in [0.5, 0.6) is 5.75 Å². The molecule has 1 fully saturated rings. The minimum absolute atomic E-state index is 0.0247. The SMILES string of the molecule is CCOc1ccc([C@H]2[C@H](C(=O)NCCN(C)C)CCC(=O)N2CC)cc1. The molecule has 0 saturated carbocycles. The van der Waals surface area contributed by atoms with Crippen LogP contribution in [0.25, 0.3) is 0 Å². The number of nitrogens with one attached hydrogen (secondary N) is 1. The third-order valence-electron chi connectivity index (χ3n) is 4.77. The lowest BCUT2D eigenvalue weighted by Gasteiger charge is -2.40. The van der Waals surface area contributed by atoms with E-state index in [1.807, 2.05) is 62.0 Å². The first kappa shape index (κ1) is 20.2. The molecule has 6 nitrogen and oxygen atoms in total. The van der Waals surface area contributed by atoms with Gasteiger partial charge < -0.3 is 19.9 Å². The lowest BCUT2D eigenvalue weighted by molar-refractivity contribution is -0.143. The molecule has 0 radical (unpaired) electrons. The van der Waals surface area contributed by atoms with Gasteiger partial charge in [0.25, 0.3) is 0 Å². The fourth-order valence-corrected chi connectivity index (χ4v) is 3.47. The summed E-state index contributed by atoms with van der Waals surface area (Å²) < 4.78 is 5.51. The van der Waals surface area contributed by atoms with E-state index in [0.717, 1.165) is 17.9 Å². The summed E-state index contributed by atoms with van der Waals surface area (Å²) in [6.07, 6.45) is 1.01. The molecule has 2 atom stereocenters. The molecule has 2 amide bonds. The van der Waals surface area contributed by atoms with Crippen LogP contribution in [0, 0.1) is 5.92 Å². The fraction of sp³-hybridized carbons (Fsp3) is 0.600. The van der Waals surface area contributed by atoms with Gasteiger partial charge in [-0.2, -0.15) is 0 Å². The Labute approximate surface area is 156 Å². The molecule has 0 aliphatic carbocycles. The van der Waals surface area contributed by atoms with Crippen molar-refractivity contribution in [1.29, 1.82) is 0 Å². The summed E-state index contributed by atoms with van der Waals surface area (Å²) in [5.74, 6) is 0.710. The van der Waals surface area contributed by atoms with Crippen LogP contribution in [0.2, 0.25) is 0 Å². The van der Waals surface area contributed by atoms with Gasteiger partial charge in [0.2, 0.25) is 11.8 Å². The quantitative estimate of drug-likeness (QED) is 0.770. The first-order valence-electron chi connectivity index (χ1n) is 9.42. The van der Waals surface area contributed by atoms with Crippen LogP contribution in [0.1, 0.15) is 38.3 Å². The third-order valence-corrected chi connectivity index (χ3v) is 4.77. The molecule has 2 rings (SSSR count). The number of likely N-dealkylation sites (N-methyl/N-ethyl adjacent to an activating group) is 1. The fourth-order valence-electron chi connectivity index (χ4n) is 3.47. The largest absolute Gasteiger partial charge is 0.494 e. The van der Waals surface area contributed by atoms with E-state index in [1.165, 1.54) is 0 Å². The number of carbonyl (C=O) groups is 2. The molecule has 0 aromatic heterocycles. The number of ether oxygens (including phenoxy) is 1. The second-order valence-corrected chi connectivity index (χ2v) is 6.87. The molecule has 26 heavy (non-hydrogen) atoms. The molecule has 1 aromatic rings. The van der Waals surface area contributed by atoms with E-state index in [-0.39, 0.29) is 23.8 Å². The summed E-state index contributed by atoms with van der Waals surface area (Å²) in [6.45, 7) is 6.52. The minimum Gasteiger partial charge on any atom is -0.494 e. The Hall–Kier alpha value is -2.08. The summed E-state index contributed by atoms with van der Waals surface area (Å²) >= 11 is 0. The van der Waals surface area contributed by atoms with Crippen molar-refractivity contribution >= 4 is 11.8 Å². The molecule has 1 aliphatic rings. The van der Waals surface area contributed by atoms with E-state index in [9.17, 15) is 9.59 Å². The molecule has 0 unspecified atom stereocenters. The van der Waals surface area contributed by atoms with Crippen molar-refractivity contribution in [2.75, 3.05) is 40.3 Å². The van der Waals surface area contributed by atoms with Gasteiger partial charge >= 0.3 is 0 Å². The molecule has 0 spiro atoms. The predicted octanol–water partition coefficient (Wildman–Crippen LogP) is 2.06. The molecule has 0 bridgehead atoms. The second-order valence-electron chi connectivity index (χ2n) is 6.87. The molecule has 1 saturated heterocycles. The lowest BCUT2D eigenvalue weighted by atomic mass is 9.83. The van der Waals surface area contributed by atoms with Gasteiger partial charge in [-0.15, -0.1) is 0 Å².